The molecule has 1 fully saturated rings. The lowest BCUT2D eigenvalue weighted by atomic mass is 9.93. The van der Waals surface area contributed by atoms with Crippen LogP contribution in [0.3, 0.4) is 0 Å². The molecule has 0 amide bonds. The largest absolute Gasteiger partial charge is 0.481 e. The number of Topliss-reactive ketones (excluding diaryl/α,β-unsaturated/α-hetero) is 1. The molecule has 0 atom stereocenters. The number of carbonyl (C=O) groups excluding carboxylic acids is 1. The summed E-state index contributed by atoms with van der Waals surface area (Å²) in [6.07, 6.45) is 3.45. The second-order valence-corrected chi connectivity index (χ2v) is 3.72. The fraction of sp³-hybridized carbons (Fsp3) is 0.800. The van der Waals surface area contributed by atoms with Gasteiger partial charge in [0.2, 0.25) is 0 Å². The summed E-state index contributed by atoms with van der Waals surface area (Å²) >= 11 is 0. The van der Waals surface area contributed by atoms with Crippen LogP contribution in [0.2, 0.25) is 0 Å². The first-order valence-electron chi connectivity index (χ1n) is 4.91. The van der Waals surface area contributed by atoms with Gasteiger partial charge in [0.15, 0.2) is 5.78 Å². The number of carbonyl (C=O) groups is 2. The van der Waals surface area contributed by atoms with Crippen molar-refractivity contribution in [3.63, 3.8) is 0 Å². The normalized spacial score (nSPS) is 19.5. The molecule has 4 nitrogen and oxygen atoms in total. The molecule has 1 aliphatic rings. The molecule has 1 saturated carbocycles. The molecule has 0 unspecified atom stereocenters. The monoisotopic (exact) mass is 200 g/mol. The molecule has 0 saturated heterocycles. The third-order valence-electron chi connectivity index (χ3n) is 2.88. The van der Waals surface area contributed by atoms with Crippen LogP contribution in [0.1, 0.15) is 38.5 Å². The van der Waals surface area contributed by atoms with Gasteiger partial charge in [-0.15, -0.1) is 0 Å². The first-order chi connectivity index (χ1) is 6.60. The first kappa shape index (κ1) is 11.2. The number of carboxylic acid groups (broad SMARTS) is 1. The van der Waals surface area contributed by atoms with Gasteiger partial charge in [-0.2, -0.15) is 0 Å². The standard InChI is InChI=1S/C10H16O4/c1-14-10(6-2-3-7-10)8(11)4-5-9(12)13/h2-7H2,1H3,(H,12,13). The maximum Gasteiger partial charge on any atom is 0.303 e. The number of methoxy groups -OCH3 is 1. The van der Waals surface area contributed by atoms with E-state index in [1.807, 2.05) is 0 Å². The van der Waals surface area contributed by atoms with Gasteiger partial charge in [-0.1, -0.05) is 0 Å². The average molecular weight is 200 g/mol. The Hall–Kier alpha value is -0.900. The topological polar surface area (TPSA) is 63.6 Å². The Kier molecular flexibility index (Phi) is 3.63. The van der Waals surface area contributed by atoms with Crippen LogP contribution in [0.15, 0.2) is 0 Å². The zero-order chi connectivity index (χ0) is 10.6. The Morgan fingerprint density at radius 1 is 1.29 bits per heavy atom. The molecular weight excluding hydrogens is 184 g/mol. The Balaban J connectivity index is 2.52. The molecule has 0 aliphatic heterocycles. The van der Waals surface area contributed by atoms with Crippen LogP contribution in [0.4, 0.5) is 0 Å². The third kappa shape index (κ3) is 2.32. The van der Waals surface area contributed by atoms with Crippen molar-refractivity contribution in [2.24, 2.45) is 0 Å². The van der Waals surface area contributed by atoms with Crippen molar-refractivity contribution in [2.45, 2.75) is 44.1 Å². The van der Waals surface area contributed by atoms with Crippen LogP contribution in [-0.4, -0.2) is 29.6 Å². The van der Waals surface area contributed by atoms with E-state index in [1.54, 1.807) is 0 Å². The van der Waals surface area contributed by atoms with Crippen LogP contribution >= 0.6 is 0 Å². The van der Waals surface area contributed by atoms with Gasteiger partial charge in [0, 0.05) is 13.5 Å². The van der Waals surface area contributed by atoms with Crippen LogP contribution in [0.25, 0.3) is 0 Å². The molecule has 0 aromatic rings. The van der Waals surface area contributed by atoms with E-state index in [2.05, 4.69) is 0 Å². The Bertz CT molecular complexity index is 228. The number of aliphatic carboxylic acids is 1. The van der Waals surface area contributed by atoms with E-state index in [0.29, 0.717) is 0 Å². The molecule has 0 aromatic carbocycles. The maximum atomic E-state index is 11.7. The van der Waals surface area contributed by atoms with Crippen LogP contribution in [0.5, 0.6) is 0 Å². The molecule has 0 radical (unpaired) electrons. The average Bonchev–Trinajstić information content (AvgIpc) is 2.63. The third-order valence-corrected chi connectivity index (χ3v) is 2.88. The molecular formula is C10H16O4. The Morgan fingerprint density at radius 2 is 1.86 bits per heavy atom. The minimum absolute atomic E-state index is 0.0556. The van der Waals surface area contributed by atoms with E-state index in [9.17, 15) is 9.59 Å². The number of carboxylic acids is 1. The van der Waals surface area contributed by atoms with Gasteiger partial charge in [0.05, 0.1) is 6.42 Å². The molecule has 80 valence electrons. The van der Waals surface area contributed by atoms with Gasteiger partial charge < -0.3 is 9.84 Å². The minimum atomic E-state index is -0.928. The molecule has 0 spiro atoms. The van der Waals surface area contributed by atoms with Gasteiger partial charge in [0.25, 0.3) is 0 Å². The summed E-state index contributed by atoms with van der Waals surface area (Å²) < 4.78 is 5.25. The highest BCUT2D eigenvalue weighted by atomic mass is 16.5. The van der Waals surface area contributed by atoms with Crippen molar-refractivity contribution >= 4 is 11.8 Å². The highest BCUT2D eigenvalue weighted by Crippen LogP contribution is 2.34. The second kappa shape index (κ2) is 4.55. The van der Waals surface area contributed by atoms with Crippen molar-refractivity contribution in [3.8, 4) is 0 Å². The quantitative estimate of drug-likeness (QED) is 0.728. The molecule has 1 rings (SSSR count). The zero-order valence-electron chi connectivity index (χ0n) is 8.41. The fourth-order valence-electron chi connectivity index (χ4n) is 1.99. The fourth-order valence-corrected chi connectivity index (χ4v) is 1.99. The minimum Gasteiger partial charge on any atom is -0.481 e. The number of hydrogen-bond acceptors (Lipinski definition) is 3. The first-order valence-corrected chi connectivity index (χ1v) is 4.91. The van der Waals surface area contributed by atoms with Crippen molar-refractivity contribution in [1.82, 2.24) is 0 Å². The zero-order valence-corrected chi connectivity index (χ0v) is 8.41. The summed E-state index contributed by atoms with van der Waals surface area (Å²) in [5.74, 6) is -0.984. The highest BCUT2D eigenvalue weighted by Gasteiger charge is 2.40. The molecule has 14 heavy (non-hydrogen) atoms. The lowest BCUT2D eigenvalue weighted by Gasteiger charge is -2.25. The second-order valence-electron chi connectivity index (χ2n) is 3.72. The van der Waals surface area contributed by atoms with Gasteiger partial charge in [-0.3, -0.25) is 9.59 Å². The molecule has 1 N–H and O–H groups in total. The number of ether oxygens (including phenoxy) is 1. The molecule has 1 aliphatic carbocycles. The Morgan fingerprint density at radius 3 is 2.29 bits per heavy atom. The van der Waals surface area contributed by atoms with Crippen molar-refractivity contribution in [1.29, 1.82) is 0 Å². The smallest absolute Gasteiger partial charge is 0.303 e. The van der Waals surface area contributed by atoms with E-state index in [4.69, 9.17) is 9.84 Å². The molecule has 0 heterocycles. The number of hydrogen-bond donors (Lipinski definition) is 1. The van der Waals surface area contributed by atoms with E-state index in [0.717, 1.165) is 25.7 Å². The molecule has 4 heteroatoms. The highest BCUT2D eigenvalue weighted by molar-refractivity contribution is 5.89. The van der Waals surface area contributed by atoms with Crippen LogP contribution < -0.4 is 0 Å². The molecule has 0 aromatic heterocycles. The maximum absolute atomic E-state index is 11.7. The molecule has 0 bridgehead atoms. The van der Waals surface area contributed by atoms with Gasteiger partial charge in [0.1, 0.15) is 5.60 Å². The van der Waals surface area contributed by atoms with E-state index in [-0.39, 0.29) is 18.6 Å². The lowest BCUT2D eigenvalue weighted by molar-refractivity contribution is -0.145. The van der Waals surface area contributed by atoms with Crippen molar-refractivity contribution in [3.05, 3.63) is 0 Å². The summed E-state index contributed by atoms with van der Waals surface area (Å²) in [5.41, 5.74) is -0.671. The van der Waals surface area contributed by atoms with E-state index < -0.39 is 11.6 Å². The summed E-state index contributed by atoms with van der Waals surface area (Å²) in [7, 11) is 1.53. The van der Waals surface area contributed by atoms with E-state index in [1.165, 1.54) is 7.11 Å². The lowest BCUT2D eigenvalue weighted by Crippen LogP contribution is -2.37. The number of ketones is 1. The summed E-state index contributed by atoms with van der Waals surface area (Å²) in [5, 5.41) is 8.47. The summed E-state index contributed by atoms with van der Waals surface area (Å²) in [4.78, 5) is 22.0. The predicted molar refractivity (Wildman–Crippen MR) is 50.1 cm³/mol. The summed E-state index contributed by atoms with van der Waals surface area (Å²) in [6.45, 7) is 0. The van der Waals surface area contributed by atoms with Crippen LogP contribution in [0, 0.1) is 0 Å². The Labute approximate surface area is 83.2 Å². The van der Waals surface area contributed by atoms with Crippen molar-refractivity contribution in [2.75, 3.05) is 7.11 Å². The SMILES string of the molecule is COC1(C(=O)CCC(=O)O)CCCC1. The number of rotatable bonds is 5. The predicted octanol–water partition coefficient (Wildman–Crippen LogP) is 1.38. The van der Waals surface area contributed by atoms with Gasteiger partial charge in [-0.25, -0.2) is 0 Å². The van der Waals surface area contributed by atoms with Gasteiger partial charge >= 0.3 is 5.97 Å². The van der Waals surface area contributed by atoms with E-state index >= 15 is 0 Å². The summed E-state index contributed by atoms with van der Waals surface area (Å²) in [6, 6.07) is 0. The van der Waals surface area contributed by atoms with Crippen LogP contribution in [-0.2, 0) is 14.3 Å². The van der Waals surface area contributed by atoms with Crippen molar-refractivity contribution < 1.29 is 19.4 Å². The van der Waals surface area contributed by atoms with Gasteiger partial charge in [-0.05, 0) is 25.7 Å².